The summed E-state index contributed by atoms with van der Waals surface area (Å²) in [5.74, 6) is 5.74. The normalized spacial score (nSPS) is 16.1. The van der Waals surface area contributed by atoms with Gasteiger partial charge in [0.05, 0.1) is 41.6 Å². The third-order valence-electron chi connectivity index (χ3n) is 6.25. The Balaban J connectivity index is 1.63. The van der Waals surface area contributed by atoms with Crippen LogP contribution in [-0.2, 0) is 16.4 Å². The fourth-order valence-corrected chi connectivity index (χ4v) is 5.03. The number of halogens is 3. The summed E-state index contributed by atoms with van der Waals surface area (Å²) in [6.07, 6.45) is -1.55. The second-order valence-electron chi connectivity index (χ2n) is 9.39. The van der Waals surface area contributed by atoms with E-state index in [1.165, 1.54) is 37.4 Å². The number of methoxy groups -OCH3 is 1. The zero-order valence-electron chi connectivity index (χ0n) is 21.6. The minimum absolute atomic E-state index is 0.0688. The van der Waals surface area contributed by atoms with Crippen molar-refractivity contribution in [2.45, 2.75) is 30.1 Å². The summed E-state index contributed by atoms with van der Waals surface area (Å²) in [6.45, 7) is 0.315. The Bertz CT molecular complexity index is 1560. The molecule has 0 saturated carbocycles. The molecule has 2 N–H and O–H groups in total. The highest BCUT2D eigenvalue weighted by Gasteiger charge is 2.30. The summed E-state index contributed by atoms with van der Waals surface area (Å²) in [6, 6.07) is 7.28. The van der Waals surface area contributed by atoms with Crippen LogP contribution < -0.4 is 15.4 Å². The van der Waals surface area contributed by atoms with Crippen molar-refractivity contribution in [1.29, 1.82) is 0 Å². The van der Waals surface area contributed by atoms with Crippen molar-refractivity contribution >= 4 is 32.5 Å². The van der Waals surface area contributed by atoms with Gasteiger partial charge in [-0.15, -0.1) is 0 Å². The molecule has 1 fully saturated rings. The number of hydrogen-bond donors (Lipinski definition) is 2. The quantitative estimate of drug-likeness (QED) is 0.426. The van der Waals surface area contributed by atoms with Crippen LogP contribution in [0.25, 0.3) is 11.0 Å². The zero-order chi connectivity index (χ0) is 28.4. The number of nitrogens with one attached hydrogen (secondary N) is 2. The van der Waals surface area contributed by atoms with Crippen LogP contribution in [0.2, 0.25) is 0 Å². The van der Waals surface area contributed by atoms with Gasteiger partial charge in [-0.1, -0.05) is 11.8 Å². The monoisotopic (exact) mass is 563 g/mol. The molecule has 9 nitrogen and oxygen atoms in total. The van der Waals surface area contributed by atoms with E-state index in [9.17, 15) is 26.4 Å². The lowest BCUT2D eigenvalue weighted by Gasteiger charge is -2.14. The Kier molecular flexibility index (Phi) is 8.08. The first kappa shape index (κ1) is 28.3. The maximum absolute atomic E-state index is 13.2. The van der Waals surface area contributed by atoms with Gasteiger partial charge in [0.15, 0.2) is 9.84 Å². The molecule has 1 unspecified atom stereocenters. The summed E-state index contributed by atoms with van der Waals surface area (Å²) < 4.78 is 69.5. The molecule has 208 valence electrons. The predicted octanol–water partition coefficient (Wildman–Crippen LogP) is 2.91. The van der Waals surface area contributed by atoms with Crippen molar-refractivity contribution in [1.82, 2.24) is 19.8 Å². The third kappa shape index (κ3) is 7.01. The number of amides is 1. The number of rotatable bonds is 7. The molecule has 0 bridgehead atoms. The van der Waals surface area contributed by atoms with Crippen molar-refractivity contribution in [3.63, 3.8) is 0 Å². The van der Waals surface area contributed by atoms with Gasteiger partial charge in [-0.2, -0.15) is 13.2 Å². The highest BCUT2D eigenvalue weighted by molar-refractivity contribution is 7.90. The summed E-state index contributed by atoms with van der Waals surface area (Å²) >= 11 is 0. The number of fused-ring (bicyclic) bond motifs is 1. The second kappa shape index (κ2) is 11.2. The Morgan fingerprint density at radius 2 is 2.03 bits per heavy atom. The Morgan fingerprint density at radius 1 is 1.26 bits per heavy atom. The van der Waals surface area contributed by atoms with Gasteiger partial charge >= 0.3 is 6.18 Å². The molecule has 4 rings (SSSR count). The number of alkyl halides is 3. The number of sulfone groups is 1. The Morgan fingerprint density at radius 3 is 2.67 bits per heavy atom. The number of ether oxygens (including phenoxy) is 1. The second-order valence-corrected chi connectivity index (χ2v) is 11.4. The molecule has 1 aliphatic rings. The van der Waals surface area contributed by atoms with Gasteiger partial charge in [-0.3, -0.25) is 4.79 Å². The molecule has 3 aromatic rings. The van der Waals surface area contributed by atoms with E-state index in [2.05, 4.69) is 32.4 Å². The molecule has 13 heteroatoms. The van der Waals surface area contributed by atoms with Crippen LogP contribution in [-0.4, -0.2) is 81.0 Å². The molecule has 1 aliphatic heterocycles. The van der Waals surface area contributed by atoms with E-state index in [1.807, 2.05) is 7.05 Å². The highest BCUT2D eigenvalue weighted by Crippen LogP contribution is 2.28. The maximum Gasteiger partial charge on any atom is 0.406 e. The number of anilines is 1. The molecule has 1 saturated heterocycles. The van der Waals surface area contributed by atoms with Crippen LogP contribution in [0.1, 0.15) is 22.3 Å². The van der Waals surface area contributed by atoms with E-state index in [-0.39, 0.29) is 34.1 Å². The van der Waals surface area contributed by atoms with Crippen LogP contribution in [0, 0.1) is 11.8 Å². The maximum atomic E-state index is 13.2. The first-order valence-corrected chi connectivity index (χ1v) is 13.9. The molecule has 1 atom stereocenters. The first-order chi connectivity index (χ1) is 18.3. The fraction of sp³-hybridized carbons (Fsp3) is 0.385. The molecule has 1 aromatic heterocycles. The molecule has 2 heterocycles. The zero-order valence-corrected chi connectivity index (χ0v) is 22.4. The van der Waals surface area contributed by atoms with Crippen LogP contribution in [0.3, 0.4) is 0 Å². The number of carbonyl (C=O) groups excluding carboxylic acids is 1. The van der Waals surface area contributed by atoms with Gasteiger partial charge in [-0.05, 0) is 50.3 Å². The smallest absolute Gasteiger partial charge is 0.406 e. The fourth-order valence-electron chi connectivity index (χ4n) is 4.39. The molecule has 1 amide bonds. The molecular weight excluding hydrogens is 535 g/mol. The molecule has 39 heavy (non-hydrogen) atoms. The number of nitrogens with zero attached hydrogens (tertiary/aromatic N) is 3. The minimum Gasteiger partial charge on any atom is -0.495 e. The van der Waals surface area contributed by atoms with Crippen LogP contribution in [0.4, 0.5) is 18.9 Å². The van der Waals surface area contributed by atoms with Crippen molar-refractivity contribution in [3.05, 3.63) is 47.8 Å². The summed E-state index contributed by atoms with van der Waals surface area (Å²) in [5.41, 5.74) is 1.19. The average Bonchev–Trinajstić information content (AvgIpc) is 3.45. The third-order valence-corrected chi connectivity index (χ3v) is 7.36. The highest BCUT2D eigenvalue weighted by atomic mass is 32.2. The summed E-state index contributed by atoms with van der Waals surface area (Å²) in [7, 11) is -0.0505. The average molecular weight is 564 g/mol. The topological polar surface area (TPSA) is 106 Å². The van der Waals surface area contributed by atoms with Gasteiger partial charge in [0.2, 0.25) is 0 Å². The summed E-state index contributed by atoms with van der Waals surface area (Å²) in [5, 5.41) is 5.94. The number of likely N-dealkylation sites (N-methyl/N-ethyl adjacent to an activating group) is 1. The number of benzene rings is 2. The van der Waals surface area contributed by atoms with Gasteiger partial charge in [-0.25, -0.2) is 13.4 Å². The Hall–Kier alpha value is -3.76. The van der Waals surface area contributed by atoms with Crippen LogP contribution >= 0.6 is 0 Å². The van der Waals surface area contributed by atoms with Gasteiger partial charge in [0.1, 0.15) is 17.8 Å². The van der Waals surface area contributed by atoms with Crippen molar-refractivity contribution < 1.29 is 31.1 Å². The van der Waals surface area contributed by atoms with E-state index in [1.54, 1.807) is 0 Å². The lowest BCUT2D eigenvalue weighted by atomic mass is 10.1. The molecule has 0 spiro atoms. The molecule has 2 aromatic carbocycles. The number of hydrogen-bond acceptors (Lipinski definition) is 7. The van der Waals surface area contributed by atoms with Crippen LogP contribution in [0.5, 0.6) is 5.75 Å². The number of carbonyl (C=O) groups is 1. The lowest BCUT2D eigenvalue weighted by Crippen LogP contribution is -2.36. The lowest BCUT2D eigenvalue weighted by molar-refractivity contribution is -0.139. The first-order valence-electron chi connectivity index (χ1n) is 12.0. The SMILES string of the molecule is COc1ccc(S(C)(=O)=O)cc1NCC#Cc1cc(C(=O)NC2CCN(C)C2)c2ncn(CC(F)(F)F)c2c1. The van der Waals surface area contributed by atoms with E-state index in [4.69, 9.17) is 4.74 Å². The number of likely N-dealkylation sites (tertiary alicyclic amines) is 1. The van der Waals surface area contributed by atoms with Crippen LogP contribution in [0.15, 0.2) is 41.6 Å². The van der Waals surface area contributed by atoms with E-state index < -0.39 is 28.5 Å². The number of aromatic nitrogens is 2. The molecular formula is C26H28F3N5O4S. The Labute approximate surface area is 224 Å². The molecule has 0 aliphatic carbocycles. The predicted molar refractivity (Wildman–Crippen MR) is 141 cm³/mol. The van der Waals surface area contributed by atoms with Crippen molar-refractivity contribution in [2.75, 3.05) is 45.4 Å². The van der Waals surface area contributed by atoms with Gasteiger partial charge in [0.25, 0.3) is 5.91 Å². The molecule has 0 radical (unpaired) electrons. The van der Waals surface area contributed by atoms with E-state index in [0.29, 0.717) is 23.5 Å². The van der Waals surface area contributed by atoms with Gasteiger partial charge in [0, 0.05) is 24.4 Å². The summed E-state index contributed by atoms with van der Waals surface area (Å²) in [4.78, 5) is 19.4. The van der Waals surface area contributed by atoms with E-state index >= 15 is 0 Å². The number of imidazole rings is 1. The van der Waals surface area contributed by atoms with E-state index in [0.717, 1.165) is 30.1 Å². The van der Waals surface area contributed by atoms with Gasteiger partial charge < -0.3 is 24.8 Å². The largest absolute Gasteiger partial charge is 0.495 e. The standard InChI is InChI=1S/C26H28F3N5O4S/c1-33-10-8-18(14-33)32-25(35)20-11-17(12-22-24(20)31-16-34(22)15-26(27,28)29)5-4-9-30-21-13-19(39(3,36)37)6-7-23(21)38-2/h6-7,11-13,16,18,30H,8-10,14-15H2,1-3H3,(H,32,35). The minimum atomic E-state index is -4.48. The van der Waals surface area contributed by atoms with Crippen molar-refractivity contribution in [2.24, 2.45) is 0 Å². The van der Waals surface area contributed by atoms with Crippen molar-refractivity contribution in [3.8, 4) is 17.6 Å².